The van der Waals surface area contributed by atoms with Crippen molar-refractivity contribution in [2.45, 2.75) is 122 Å². The third-order valence-corrected chi connectivity index (χ3v) is 6.80. The molecule has 7 heteroatoms. The smallest absolute Gasteiger partial charge is 0.379 e. The van der Waals surface area contributed by atoms with Crippen LogP contribution in [0.15, 0.2) is 0 Å². The first kappa shape index (κ1) is 28.8. The lowest BCUT2D eigenvalue weighted by Crippen LogP contribution is -2.45. The van der Waals surface area contributed by atoms with Crippen molar-refractivity contribution < 1.29 is 21.9 Å². The third kappa shape index (κ3) is 18.0. The summed E-state index contributed by atoms with van der Waals surface area (Å²) in [5.74, 6) is 0. The maximum Gasteiger partial charge on any atom is 0.397 e. The Kier molecular flexibility index (Phi) is 17.9. The zero-order valence-electron chi connectivity index (χ0n) is 20.1. The van der Waals surface area contributed by atoms with E-state index in [0.29, 0.717) is 13.2 Å². The second-order valence-corrected chi connectivity index (χ2v) is 10.2. The topological polar surface area (TPSA) is 76.1 Å². The number of hydrogen-bond donors (Lipinski definition) is 1. The van der Waals surface area contributed by atoms with Crippen molar-refractivity contribution in [3.8, 4) is 0 Å². The Balaban J connectivity index is 1.95. The summed E-state index contributed by atoms with van der Waals surface area (Å²) < 4.78 is 40.8. The molecule has 0 radical (unpaired) electrons. The predicted molar refractivity (Wildman–Crippen MR) is 128 cm³/mol. The van der Waals surface area contributed by atoms with Crippen molar-refractivity contribution >= 4 is 10.4 Å². The molecular weight excluding hydrogens is 414 g/mol. The molecule has 0 aromatic rings. The molecule has 1 unspecified atom stereocenters. The van der Waals surface area contributed by atoms with Gasteiger partial charge in [-0.25, -0.2) is 4.18 Å². The fourth-order valence-corrected chi connectivity index (χ4v) is 4.74. The van der Waals surface area contributed by atoms with Crippen LogP contribution in [0.1, 0.15) is 116 Å². The highest BCUT2D eigenvalue weighted by Gasteiger charge is 2.22. The second kappa shape index (κ2) is 19.3. The van der Waals surface area contributed by atoms with E-state index in [1.54, 1.807) is 0 Å². The standard InChI is InChI=1S/C24H49NO5S/c1-2-3-4-5-6-7-8-9-10-11-12-13-14-15-16-17-18-24(23-30-31(26,27)28)25-19-21-29-22-20-25/h24H,2-23H2,1H3,(H,26,27,28). The highest BCUT2D eigenvalue weighted by molar-refractivity contribution is 7.80. The van der Waals surface area contributed by atoms with Gasteiger partial charge in [0.15, 0.2) is 0 Å². The molecule has 0 aromatic heterocycles. The monoisotopic (exact) mass is 463 g/mol. The van der Waals surface area contributed by atoms with Crippen LogP contribution in [-0.4, -0.2) is 56.8 Å². The van der Waals surface area contributed by atoms with Crippen LogP contribution in [-0.2, 0) is 19.3 Å². The van der Waals surface area contributed by atoms with E-state index in [4.69, 9.17) is 9.29 Å². The Bertz CT molecular complexity index is 494. The summed E-state index contributed by atoms with van der Waals surface area (Å²) in [5, 5.41) is 0. The van der Waals surface area contributed by atoms with E-state index in [0.717, 1.165) is 25.9 Å². The van der Waals surface area contributed by atoms with Crippen molar-refractivity contribution in [2.75, 3.05) is 32.9 Å². The Labute approximate surface area is 192 Å². The van der Waals surface area contributed by atoms with E-state index >= 15 is 0 Å². The molecule has 0 saturated carbocycles. The number of rotatable bonds is 21. The molecule has 31 heavy (non-hydrogen) atoms. The summed E-state index contributed by atoms with van der Waals surface area (Å²) in [6, 6.07) is 0.0254. The van der Waals surface area contributed by atoms with Gasteiger partial charge in [-0.15, -0.1) is 0 Å². The highest BCUT2D eigenvalue weighted by Crippen LogP contribution is 2.16. The molecule has 1 aliphatic heterocycles. The Morgan fingerprint density at radius 1 is 0.774 bits per heavy atom. The lowest BCUT2D eigenvalue weighted by Gasteiger charge is -2.34. The van der Waals surface area contributed by atoms with Crippen molar-refractivity contribution in [3.05, 3.63) is 0 Å². The van der Waals surface area contributed by atoms with Gasteiger partial charge in [-0.3, -0.25) is 9.45 Å². The van der Waals surface area contributed by atoms with Crippen LogP contribution in [0.2, 0.25) is 0 Å². The maximum atomic E-state index is 10.9. The minimum atomic E-state index is -4.38. The normalized spacial score (nSPS) is 16.6. The van der Waals surface area contributed by atoms with Crippen LogP contribution in [0.5, 0.6) is 0 Å². The zero-order valence-corrected chi connectivity index (χ0v) is 20.9. The summed E-state index contributed by atoms with van der Waals surface area (Å²) >= 11 is 0. The minimum Gasteiger partial charge on any atom is -0.379 e. The number of nitrogens with zero attached hydrogens (tertiary/aromatic N) is 1. The molecule has 0 aliphatic carbocycles. The second-order valence-electron chi connectivity index (χ2n) is 9.11. The van der Waals surface area contributed by atoms with Crippen LogP contribution in [0.25, 0.3) is 0 Å². The lowest BCUT2D eigenvalue weighted by molar-refractivity contribution is 0.00303. The molecule has 0 spiro atoms. The number of morpholine rings is 1. The lowest BCUT2D eigenvalue weighted by atomic mass is 10.0. The molecule has 0 amide bonds. The van der Waals surface area contributed by atoms with Crippen LogP contribution < -0.4 is 0 Å². The van der Waals surface area contributed by atoms with Crippen LogP contribution in [0.3, 0.4) is 0 Å². The first-order valence-electron chi connectivity index (χ1n) is 13.0. The van der Waals surface area contributed by atoms with E-state index < -0.39 is 10.4 Å². The minimum absolute atomic E-state index is 0.0254. The van der Waals surface area contributed by atoms with Gasteiger partial charge in [-0.05, 0) is 6.42 Å². The largest absolute Gasteiger partial charge is 0.397 e. The fraction of sp³-hybridized carbons (Fsp3) is 1.00. The summed E-state index contributed by atoms with van der Waals surface area (Å²) in [5.41, 5.74) is 0. The SMILES string of the molecule is CCCCCCCCCCCCCCCCCCC(COS(=O)(=O)O)N1CCOCC1. The van der Waals surface area contributed by atoms with Crippen molar-refractivity contribution in [3.63, 3.8) is 0 Å². The quantitative estimate of drug-likeness (QED) is 0.162. The molecule has 1 aliphatic rings. The van der Waals surface area contributed by atoms with E-state index in [-0.39, 0.29) is 12.6 Å². The molecule has 1 heterocycles. The van der Waals surface area contributed by atoms with Crippen LogP contribution in [0, 0.1) is 0 Å². The van der Waals surface area contributed by atoms with Gasteiger partial charge in [-0.1, -0.05) is 110 Å². The molecule has 1 atom stereocenters. The number of ether oxygens (including phenoxy) is 1. The van der Waals surface area contributed by atoms with Gasteiger partial charge >= 0.3 is 10.4 Å². The van der Waals surface area contributed by atoms with Gasteiger partial charge in [0.1, 0.15) is 0 Å². The number of unbranched alkanes of at least 4 members (excludes halogenated alkanes) is 15. The average Bonchev–Trinajstić information content (AvgIpc) is 2.75. The first-order chi connectivity index (χ1) is 15.0. The first-order valence-corrected chi connectivity index (χ1v) is 14.3. The van der Waals surface area contributed by atoms with E-state index in [1.807, 2.05) is 0 Å². The van der Waals surface area contributed by atoms with Crippen LogP contribution in [0.4, 0.5) is 0 Å². The summed E-state index contributed by atoms with van der Waals surface area (Å²) in [4.78, 5) is 2.22. The molecule has 0 aromatic carbocycles. The Morgan fingerprint density at radius 3 is 1.61 bits per heavy atom. The molecule has 1 saturated heterocycles. The molecular formula is C24H49NO5S. The highest BCUT2D eigenvalue weighted by atomic mass is 32.3. The molecule has 6 nitrogen and oxygen atoms in total. The summed E-state index contributed by atoms with van der Waals surface area (Å²) in [6.45, 7) is 5.21. The molecule has 1 fully saturated rings. The molecule has 1 rings (SSSR count). The van der Waals surface area contributed by atoms with Gasteiger partial charge in [0.25, 0.3) is 0 Å². The summed E-state index contributed by atoms with van der Waals surface area (Å²) in [7, 11) is -4.38. The van der Waals surface area contributed by atoms with Gasteiger partial charge in [0, 0.05) is 19.1 Å². The Hall–Kier alpha value is -0.210. The van der Waals surface area contributed by atoms with Crippen molar-refractivity contribution in [2.24, 2.45) is 0 Å². The van der Waals surface area contributed by atoms with E-state index in [1.165, 1.54) is 96.3 Å². The molecule has 0 bridgehead atoms. The van der Waals surface area contributed by atoms with Crippen molar-refractivity contribution in [1.82, 2.24) is 4.90 Å². The predicted octanol–water partition coefficient (Wildman–Crippen LogP) is 6.16. The van der Waals surface area contributed by atoms with E-state index in [9.17, 15) is 8.42 Å². The number of hydrogen-bond acceptors (Lipinski definition) is 5. The zero-order chi connectivity index (χ0) is 22.6. The van der Waals surface area contributed by atoms with Gasteiger partial charge in [0.05, 0.1) is 19.8 Å². The Morgan fingerprint density at radius 2 is 1.19 bits per heavy atom. The van der Waals surface area contributed by atoms with Gasteiger partial charge in [-0.2, -0.15) is 8.42 Å². The molecule has 186 valence electrons. The van der Waals surface area contributed by atoms with Crippen molar-refractivity contribution in [1.29, 1.82) is 0 Å². The van der Waals surface area contributed by atoms with Gasteiger partial charge in [0.2, 0.25) is 0 Å². The third-order valence-electron chi connectivity index (χ3n) is 6.36. The molecule has 1 N–H and O–H groups in total. The van der Waals surface area contributed by atoms with E-state index in [2.05, 4.69) is 16.0 Å². The summed E-state index contributed by atoms with van der Waals surface area (Å²) in [6.07, 6.45) is 22.4. The van der Waals surface area contributed by atoms with Crippen LogP contribution >= 0.6 is 0 Å². The maximum absolute atomic E-state index is 10.9. The fourth-order valence-electron chi connectivity index (χ4n) is 4.41. The van der Waals surface area contributed by atoms with Gasteiger partial charge < -0.3 is 4.74 Å². The average molecular weight is 464 g/mol.